The molecule has 0 atom stereocenters. The van der Waals surface area contributed by atoms with Gasteiger partial charge in [0.15, 0.2) is 11.3 Å². The van der Waals surface area contributed by atoms with Crippen LogP contribution in [0.25, 0.3) is 33.3 Å². The Balaban J connectivity index is 2.33. The molecule has 2 N–H and O–H groups in total. The molecular formula is C15H15N5O2S. The lowest BCUT2D eigenvalue weighted by Gasteiger charge is -2.09. The predicted octanol–water partition coefficient (Wildman–Crippen LogP) is 2.21. The summed E-state index contributed by atoms with van der Waals surface area (Å²) in [6.07, 6.45) is 0. The third-order valence-electron chi connectivity index (χ3n) is 4.02. The van der Waals surface area contributed by atoms with E-state index in [-0.39, 0.29) is 17.3 Å². The lowest BCUT2D eigenvalue weighted by Crippen LogP contribution is -2.12. The molecule has 0 saturated carbocycles. The van der Waals surface area contributed by atoms with Crippen LogP contribution in [0.15, 0.2) is 26.4 Å². The minimum absolute atomic E-state index is 0.0518. The quantitative estimate of drug-likeness (QED) is 0.591. The van der Waals surface area contributed by atoms with Crippen molar-refractivity contribution in [3.8, 4) is 11.1 Å². The number of aromatic amines is 2. The molecule has 4 aromatic rings. The van der Waals surface area contributed by atoms with Gasteiger partial charge in [0.25, 0.3) is 5.56 Å². The molecule has 0 saturated heterocycles. The van der Waals surface area contributed by atoms with Crippen molar-refractivity contribution in [1.82, 2.24) is 24.3 Å². The summed E-state index contributed by atoms with van der Waals surface area (Å²) in [4.78, 5) is 31.9. The number of hydrogen-bond donors (Lipinski definition) is 2. The molecule has 8 heteroatoms. The topological polar surface area (TPSA) is 88.5 Å². The maximum absolute atomic E-state index is 12.6. The lowest BCUT2D eigenvalue weighted by molar-refractivity contribution is 0.542. The van der Waals surface area contributed by atoms with Crippen molar-refractivity contribution < 1.29 is 0 Å². The zero-order valence-corrected chi connectivity index (χ0v) is 13.7. The van der Waals surface area contributed by atoms with Crippen LogP contribution in [0.5, 0.6) is 0 Å². The van der Waals surface area contributed by atoms with Gasteiger partial charge in [0, 0.05) is 18.7 Å². The highest BCUT2D eigenvalue weighted by Gasteiger charge is 2.22. The van der Waals surface area contributed by atoms with E-state index in [1.54, 1.807) is 23.1 Å². The van der Waals surface area contributed by atoms with Crippen LogP contribution in [0.1, 0.15) is 19.9 Å². The van der Waals surface area contributed by atoms with Crippen molar-refractivity contribution in [2.45, 2.75) is 19.9 Å². The number of pyridine rings is 1. The van der Waals surface area contributed by atoms with E-state index in [2.05, 4.69) is 15.1 Å². The minimum Gasteiger partial charge on any atom is -0.293 e. The van der Waals surface area contributed by atoms with E-state index in [0.29, 0.717) is 22.2 Å². The standard InChI is InChI=1S/C15H15N5O2S/c1-7(2)20-13-10(14(21)18-20)9(8-4-5-23-6-8)11-12(16-13)17-15(22)19(11)3/h4-7H,1-3H3,(H,18,21)(H,16,17,22). The van der Waals surface area contributed by atoms with Crippen molar-refractivity contribution >= 4 is 33.5 Å². The minimum atomic E-state index is -0.246. The molecule has 23 heavy (non-hydrogen) atoms. The second-order valence-electron chi connectivity index (χ2n) is 5.79. The number of fused-ring (bicyclic) bond motifs is 2. The number of nitrogens with zero attached hydrogens (tertiary/aromatic N) is 3. The first kappa shape index (κ1) is 14.0. The van der Waals surface area contributed by atoms with E-state index in [9.17, 15) is 9.59 Å². The van der Waals surface area contributed by atoms with Crippen molar-refractivity contribution in [2.24, 2.45) is 7.05 Å². The molecule has 118 valence electrons. The van der Waals surface area contributed by atoms with Crippen LogP contribution in [0.4, 0.5) is 0 Å². The van der Waals surface area contributed by atoms with Gasteiger partial charge in [-0.1, -0.05) is 0 Å². The average Bonchev–Trinajstić information content (AvgIpc) is 3.19. The summed E-state index contributed by atoms with van der Waals surface area (Å²) >= 11 is 1.55. The van der Waals surface area contributed by atoms with E-state index >= 15 is 0 Å². The number of rotatable bonds is 2. The van der Waals surface area contributed by atoms with Crippen LogP contribution in [0.3, 0.4) is 0 Å². The molecule has 7 nitrogen and oxygen atoms in total. The average molecular weight is 329 g/mol. The molecule has 4 rings (SSSR count). The normalized spacial score (nSPS) is 12.0. The van der Waals surface area contributed by atoms with Crippen LogP contribution in [0.2, 0.25) is 0 Å². The van der Waals surface area contributed by atoms with Gasteiger partial charge in [-0.15, -0.1) is 0 Å². The van der Waals surface area contributed by atoms with E-state index in [1.807, 2.05) is 30.7 Å². The summed E-state index contributed by atoms with van der Waals surface area (Å²) in [6, 6.07) is 2.00. The highest BCUT2D eigenvalue weighted by Crippen LogP contribution is 2.33. The SMILES string of the molecule is CC(C)n1[nH]c(=O)c2c(-c3ccsc3)c3c(nc21)[nH]c(=O)n3C. The summed E-state index contributed by atoms with van der Waals surface area (Å²) in [6.45, 7) is 3.94. The van der Waals surface area contributed by atoms with E-state index in [4.69, 9.17) is 0 Å². The van der Waals surface area contributed by atoms with Crippen molar-refractivity contribution in [3.63, 3.8) is 0 Å². The predicted molar refractivity (Wildman–Crippen MR) is 91.1 cm³/mol. The fraction of sp³-hybridized carbons (Fsp3) is 0.267. The molecule has 0 aliphatic carbocycles. The second kappa shape index (κ2) is 4.69. The fourth-order valence-corrected chi connectivity index (χ4v) is 3.58. The molecule has 0 aliphatic heterocycles. The molecule has 0 amide bonds. The first-order valence-electron chi connectivity index (χ1n) is 7.24. The lowest BCUT2D eigenvalue weighted by atomic mass is 10.1. The molecule has 0 aromatic carbocycles. The Morgan fingerprint density at radius 2 is 2.09 bits per heavy atom. The number of thiophene rings is 1. The van der Waals surface area contributed by atoms with Gasteiger partial charge in [-0.05, 0) is 36.2 Å². The van der Waals surface area contributed by atoms with Gasteiger partial charge in [0.1, 0.15) is 0 Å². The van der Waals surface area contributed by atoms with Crippen LogP contribution in [-0.4, -0.2) is 24.3 Å². The molecular weight excluding hydrogens is 314 g/mol. The number of hydrogen-bond acceptors (Lipinski definition) is 4. The Morgan fingerprint density at radius 3 is 2.74 bits per heavy atom. The zero-order valence-electron chi connectivity index (χ0n) is 12.9. The zero-order chi connectivity index (χ0) is 16.3. The van der Waals surface area contributed by atoms with Crippen LogP contribution < -0.4 is 11.2 Å². The first-order valence-corrected chi connectivity index (χ1v) is 8.18. The summed E-state index contributed by atoms with van der Waals surface area (Å²) in [5.74, 6) is 0. The van der Waals surface area contributed by atoms with Gasteiger partial charge in [-0.3, -0.25) is 24.1 Å². The fourth-order valence-electron chi connectivity index (χ4n) is 2.93. The summed E-state index contributed by atoms with van der Waals surface area (Å²) in [5, 5.41) is 7.29. The van der Waals surface area contributed by atoms with Gasteiger partial charge in [0.2, 0.25) is 0 Å². The molecule has 0 fully saturated rings. The Labute approximate surface area is 134 Å². The molecule has 0 spiro atoms. The third-order valence-corrected chi connectivity index (χ3v) is 4.70. The monoisotopic (exact) mass is 329 g/mol. The molecule has 4 heterocycles. The van der Waals surface area contributed by atoms with Gasteiger partial charge in [-0.2, -0.15) is 11.3 Å². The van der Waals surface area contributed by atoms with Gasteiger partial charge < -0.3 is 0 Å². The van der Waals surface area contributed by atoms with E-state index in [0.717, 1.165) is 11.1 Å². The number of imidazole rings is 1. The summed E-state index contributed by atoms with van der Waals surface area (Å²) < 4.78 is 3.24. The molecule has 0 unspecified atom stereocenters. The Morgan fingerprint density at radius 1 is 1.30 bits per heavy atom. The van der Waals surface area contributed by atoms with Gasteiger partial charge in [0.05, 0.1) is 10.9 Å². The highest BCUT2D eigenvalue weighted by atomic mass is 32.1. The van der Waals surface area contributed by atoms with Gasteiger partial charge >= 0.3 is 5.69 Å². The first-order chi connectivity index (χ1) is 11.0. The van der Waals surface area contributed by atoms with Crippen LogP contribution in [0, 0.1) is 0 Å². The second-order valence-corrected chi connectivity index (χ2v) is 6.57. The summed E-state index contributed by atoms with van der Waals surface area (Å²) in [7, 11) is 1.68. The number of aromatic nitrogens is 5. The Kier molecular flexibility index (Phi) is 2.86. The molecule has 0 aliphatic rings. The van der Waals surface area contributed by atoms with Crippen molar-refractivity contribution in [3.05, 3.63) is 37.7 Å². The molecule has 4 aromatic heterocycles. The maximum Gasteiger partial charge on any atom is 0.327 e. The van der Waals surface area contributed by atoms with E-state index < -0.39 is 0 Å². The Bertz CT molecular complexity index is 1140. The number of nitrogens with one attached hydrogen (secondary N) is 2. The van der Waals surface area contributed by atoms with Crippen LogP contribution >= 0.6 is 11.3 Å². The van der Waals surface area contributed by atoms with Crippen molar-refractivity contribution in [1.29, 1.82) is 0 Å². The number of H-pyrrole nitrogens is 2. The van der Waals surface area contributed by atoms with E-state index in [1.165, 1.54) is 4.57 Å². The van der Waals surface area contributed by atoms with Gasteiger partial charge in [-0.25, -0.2) is 9.78 Å². The van der Waals surface area contributed by atoms with Crippen molar-refractivity contribution in [2.75, 3.05) is 0 Å². The highest BCUT2D eigenvalue weighted by molar-refractivity contribution is 7.08. The smallest absolute Gasteiger partial charge is 0.293 e. The largest absolute Gasteiger partial charge is 0.327 e. The molecule has 0 bridgehead atoms. The summed E-state index contributed by atoms with van der Waals surface area (Å²) in [5.41, 5.74) is 2.90. The maximum atomic E-state index is 12.6. The Hall–Kier alpha value is -2.61. The number of aryl methyl sites for hydroxylation is 1. The van der Waals surface area contributed by atoms with Crippen LogP contribution in [-0.2, 0) is 7.05 Å². The third kappa shape index (κ3) is 1.84. The molecule has 0 radical (unpaired) electrons.